The largest absolute Gasteiger partial charge is 0.313 e. The summed E-state index contributed by atoms with van der Waals surface area (Å²) in [6, 6.07) is 0.772. The first kappa shape index (κ1) is 7.63. The van der Waals surface area contributed by atoms with E-state index in [-0.39, 0.29) is 0 Å². The molecular formula is C9H15N. The molecule has 0 spiro atoms. The van der Waals surface area contributed by atoms with Crippen LogP contribution >= 0.6 is 0 Å². The molecule has 10 heavy (non-hydrogen) atoms. The molecule has 1 heteroatoms. The average molecular weight is 137 g/mol. The predicted octanol–water partition coefficient (Wildman–Crippen LogP) is 1.54. The Labute approximate surface area is 63.2 Å². The molecule has 56 valence electrons. The summed E-state index contributed by atoms with van der Waals surface area (Å²) in [4.78, 5) is 0. The number of nitrogens with one attached hydrogen (secondary N) is 1. The summed E-state index contributed by atoms with van der Waals surface area (Å²) in [5, 5.41) is 3.44. The Morgan fingerprint density at radius 2 is 2.10 bits per heavy atom. The van der Waals surface area contributed by atoms with E-state index < -0.39 is 0 Å². The Morgan fingerprint density at radius 3 is 2.70 bits per heavy atom. The van der Waals surface area contributed by atoms with Crippen molar-refractivity contribution < 1.29 is 0 Å². The fraction of sp³-hybridized carbons (Fsp3) is 0.778. The fourth-order valence-corrected chi connectivity index (χ4v) is 1.48. The van der Waals surface area contributed by atoms with Gasteiger partial charge in [0, 0.05) is 19.0 Å². The van der Waals surface area contributed by atoms with Gasteiger partial charge in [0.05, 0.1) is 0 Å². The van der Waals surface area contributed by atoms with Crippen molar-refractivity contribution in [3.8, 4) is 12.3 Å². The third-order valence-electron chi connectivity index (χ3n) is 2.06. The van der Waals surface area contributed by atoms with Crippen LogP contribution in [0.1, 0.15) is 32.1 Å². The molecule has 1 nitrogen and oxygen atoms in total. The van der Waals surface area contributed by atoms with E-state index in [0.717, 1.165) is 19.0 Å². The molecule has 0 radical (unpaired) electrons. The summed E-state index contributed by atoms with van der Waals surface area (Å²) in [6.45, 7) is 1.00. The molecule has 0 aromatic rings. The van der Waals surface area contributed by atoms with E-state index in [1.807, 2.05) is 0 Å². The Kier molecular flexibility index (Phi) is 3.32. The van der Waals surface area contributed by atoms with E-state index in [0.29, 0.717) is 0 Å². The van der Waals surface area contributed by atoms with Crippen molar-refractivity contribution in [3.63, 3.8) is 0 Å². The molecule has 0 aromatic carbocycles. The van der Waals surface area contributed by atoms with Crippen LogP contribution < -0.4 is 5.32 Å². The van der Waals surface area contributed by atoms with Crippen LogP contribution in [0, 0.1) is 12.3 Å². The summed E-state index contributed by atoms with van der Waals surface area (Å²) in [5.41, 5.74) is 0. The van der Waals surface area contributed by atoms with Gasteiger partial charge >= 0.3 is 0 Å². The highest BCUT2D eigenvalue weighted by atomic mass is 14.9. The van der Waals surface area contributed by atoms with Gasteiger partial charge in [0.2, 0.25) is 0 Å². The van der Waals surface area contributed by atoms with Crippen LogP contribution in [0.2, 0.25) is 0 Å². The highest BCUT2D eigenvalue weighted by Gasteiger charge is 2.12. The third kappa shape index (κ3) is 2.41. The lowest BCUT2D eigenvalue weighted by Crippen LogP contribution is -2.26. The van der Waals surface area contributed by atoms with Gasteiger partial charge in [-0.25, -0.2) is 0 Å². The van der Waals surface area contributed by atoms with E-state index in [1.54, 1.807) is 0 Å². The average Bonchev–Trinajstić information content (AvgIpc) is 2.41. The van der Waals surface area contributed by atoms with Gasteiger partial charge in [-0.15, -0.1) is 12.3 Å². The van der Waals surface area contributed by atoms with Crippen LogP contribution in [0.15, 0.2) is 0 Å². The van der Waals surface area contributed by atoms with Crippen molar-refractivity contribution in [1.29, 1.82) is 0 Å². The number of rotatable bonds is 3. The lowest BCUT2D eigenvalue weighted by Gasteiger charge is -2.08. The van der Waals surface area contributed by atoms with Crippen molar-refractivity contribution in [2.24, 2.45) is 0 Å². The molecule has 0 amide bonds. The minimum Gasteiger partial charge on any atom is -0.313 e. The SMILES string of the molecule is C#CCCNC1CCCC1. The molecule has 1 N–H and O–H groups in total. The molecule has 0 bridgehead atoms. The molecule has 1 aliphatic carbocycles. The Bertz CT molecular complexity index is 117. The summed E-state index contributed by atoms with van der Waals surface area (Å²) in [6.07, 6.45) is 11.5. The first-order valence-corrected chi connectivity index (χ1v) is 4.10. The second-order valence-electron chi connectivity index (χ2n) is 2.89. The van der Waals surface area contributed by atoms with Gasteiger partial charge in [0.15, 0.2) is 0 Å². The lowest BCUT2D eigenvalue weighted by molar-refractivity contribution is 0.533. The monoisotopic (exact) mass is 137 g/mol. The highest BCUT2D eigenvalue weighted by Crippen LogP contribution is 2.17. The molecule has 1 saturated carbocycles. The summed E-state index contributed by atoms with van der Waals surface area (Å²) in [5.74, 6) is 2.63. The van der Waals surface area contributed by atoms with E-state index in [4.69, 9.17) is 6.42 Å². The van der Waals surface area contributed by atoms with Crippen LogP contribution in [0.25, 0.3) is 0 Å². The highest BCUT2D eigenvalue weighted by molar-refractivity contribution is 4.85. The van der Waals surface area contributed by atoms with Crippen LogP contribution in [0.4, 0.5) is 0 Å². The smallest absolute Gasteiger partial charge is 0.0211 e. The second-order valence-corrected chi connectivity index (χ2v) is 2.89. The molecule has 0 aliphatic heterocycles. The van der Waals surface area contributed by atoms with Crippen LogP contribution in [0.3, 0.4) is 0 Å². The fourth-order valence-electron chi connectivity index (χ4n) is 1.48. The van der Waals surface area contributed by atoms with E-state index >= 15 is 0 Å². The first-order chi connectivity index (χ1) is 4.93. The molecular weight excluding hydrogens is 122 g/mol. The Hall–Kier alpha value is -0.480. The summed E-state index contributed by atoms with van der Waals surface area (Å²) < 4.78 is 0. The summed E-state index contributed by atoms with van der Waals surface area (Å²) in [7, 11) is 0. The third-order valence-corrected chi connectivity index (χ3v) is 2.06. The van der Waals surface area contributed by atoms with Gasteiger partial charge in [0.1, 0.15) is 0 Å². The molecule has 0 aromatic heterocycles. The van der Waals surface area contributed by atoms with Gasteiger partial charge in [-0.05, 0) is 12.8 Å². The van der Waals surface area contributed by atoms with Crippen LogP contribution in [0.5, 0.6) is 0 Å². The zero-order valence-corrected chi connectivity index (χ0v) is 6.40. The molecule has 0 heterocycles. The van der Waals surface area contributed by atoms with Gasteiger partial charge in [0.25, 0.3) is 0 Å². The maximum atomic E-state index is 5.12. The van der Waals surface area contributed by atoms with Crippen molar-refractivity contribution in [2.45, 2.75) is 38.1 Å². The molecule has 0 atom stereocenters. The maximum absolute atomic E-state index is 5.12. The zero-order chi connectivity index (χ0) is 7.23. The van der Waals surface area contributed by atoms with Gasteiger partial charge in [-0.1, -0.05) is 12.8 Å². The van der Waals surface area contributed by atoms with Crippen molar-refractivity contribution in [2.75, 3.05) is 6.54 Å². The topological polar surface area (TPSA) is 12.0 Å². The Balaban J connectivity index is 1.97. The predicted molar refractivity (Wildman–Crippen MR) is 43.7 cm³/mol. The maximum Gasteiger partial charge on any atom is 0.0211 e. The quantitative estimate of drug-likeness (QED) is 0.459. The second kappa shape index (κ2) is 4.35. The molecule has 1 rings (SSSR count). The molecule has 1 fully saturated rings. The molecule has 0 unspecified atom stereocenters. The van der Waals surface area contributed by atoms with Crippen molar-refractivity contribution in [3.05, 3.63) is 0 Å². The van der Waals surface area contributed by atoms with E-state index in [2.05, 4.69) is 11.2 Å². The minimum absolute atomic E-state index is 0.772. The van der Waals surface area contributed by atoms with Gasteiger partial charge in [-0.2, -0.15) is 0 Å². The number of hydrogen-bond donors (Lipinski definition) is 1. The minimum atomic E-state index is 0.772. The number of hydrogen-bond acceptors (Lipinski definition) is 1. The van der Waals surface area contributed by atoms with Crippen molar-refractivity contribution >= 4 is 0 Å². The standard InChI is InChI=1S/C9H15N/c1-2-3-8-10-9-6-4-5-7-9/h1,9-10H,3-8H2. The van der Waals surface area contributed by atoms with Gasteiger partial charge < -0.3 is 5.32 Å². The van der Waals surface area contributed by atoms with E-state index in [9.17, 15) is 0 Å². The Morgan fingerprint density at radius 1 is 1.40 bits per heavy atom. The van der Waals surface area contributed by atoms with E-state index in [1.165, 1.54) is 25.7 Å². The van der Waals surface area contributed by atoms with Crippen LogP contribution in [-0.2, 0) is 0 Å². The number of terminal acetylenes is 1. The van der Waals surface area contributed by atoms with Gasteiger partial charge in [-0.3, -0.25) is 0 Å². The molecule has 1 aliphatic rings. The molecule has 0 saturated heterocycles. The zero-order valence-electron chi connectivity index (χ0n) is 6.40. The first-order valence-electron chi connectivity index (χ1n) is 4.10. The summed E-state index contributed by atoms with van der Waals surface area (Å²) >= 11 is 0. The van der Waals surface area contributed by atoms with Crippen molar-refractivity contribution in [1.82, 2.24) is 5.32 Å². The normalized spacial score (nSPS) is 19.1. The van der Waals surface area contributed by atoms with Crippen LogP contribution in [-0.4, -0.2) is 12.6 Å². The lowest BCUT2D eigenvalue weighted by atomic mass is 10.2.